The van der Waals surface area contributed by atoms with E-state index in [2.05, 4.69) is 81.5 Å². The van der Waals surface area contributed by atoms with E-state index in [4.69, 9.17) is 21.6 Å². The number of aryl methyl sites for hydroxylation is 4. The van der Waals surface area contributed by atoms with Crippen LogP contribution in [0.15, 0.2) is 48.5 Å². The molecular formula is C28H26ClN7. The van der Waals surface area contributed by atoms with Gasteiger partial charge in [-0.15, -0.1) is 10.2 Å². The predicted molar refractivity (Wildman–Crippen MR) is 142 cm³/mol. The Balaban J connectivity index is 1.48. The smallest absolute Gasteiger partial charge is 0.201 e. The summed E-state index contributed by atoms with van der Waals surface area (Å²) in [6, 6.07) is 17.3. The van der Waals surface area contributed by atoms with Crippen molar-refractivity contribution in [2.45, 2.75) is 46.6 Å². The van der Waals surface area contributed by atoms with E-state index < -0.39 is 0 Å². The largest absolute Gasteiger partial charge is 0.308 e. The van der Waals surface area contributed by atoms with Gasteiger partial charge in [-0.3, -0.25) is 0 Å². The second-order valence-electron chi connectivity index (χ2n) is 9.27. The molecule has 180 valence electrons. The van der Waals surface area contributed by atoms with E-state index in [1.165, 1.54) is 27.8 Å². The van der Waals surface area contributed by atoms with Crippen molar-refractivity contribution in [3.05, 3.63) is 98.7 Å². The average molecular weight is 496 g/mol. The maximum Gasteiger partial charge on any atom is 0.201 e. The molecule has 0 saturated heterocycles. The third-order valence-corrected chi connectivity index (χ3v) is 7.25. The van der Waals surface area contributed by atoms with E-state index in [-0.39, 0.29) is 0 Å². The lowest BCUT2D eigenvalue weighted by molar-refractivity contribution is 0.744. The molecule has 1 N–H and O–H groups in total. The number of benzene rings is 2. The third-order valence-electron chi connectivity index (χ3n) is 6.97. The molecule has 1 aliphatic rings. The summed E-state index contributed by atoms with van der Waals surface area (Å²) >= 11 is 6.51. The van der Waals surface area contributed by atoms with Crippen LogP contribution in [0.1, 0.15) is 59.0 Å². The Labute approximate surface area is 214 Å². The van der Waals surface area contributed by atoms with Crippen molar-refractivity contribution in [1.82, 2.24) is 35.2 Å². The van der Waals surface area contributed by atoms with Crippen LogP contribution >= 0.6 is 11.6 Å². The maximum atomic E-state index is 6.51. The van der Waals surface area contributed by atoms with Gasteiger partial charge in [-0.2, -0.15) is 5.21 Å². The highest BCUT2D eigenvalue weighted by molar-refractivity contribution is 6.34. The number of aromatic amines is 1. The molecule has 0 amide bonds. The lowest BCUT2D eigenvalue weighted by Crippen LogP contribution is -2.07. The van der Waals surface area contributed by atoms with Crippen LogP contribution in [0.25, 0.3) is 22.3 Å². The standard InChI is InChI=1S/C28H26ClN7/c1-4-24-31-26-23(29)13-16(2)30-28(26)36(24)15-18-9-12-22-20(14-18)11-10-19-7-5-6-8-21(19)25(22)17(3)27-32-34-35-33-27/h5-9,12-14H,4,10-11,15H2,1-3H3,(H,32,33,34,35). The first kappa shape index (κ1) is 22.6. The zero-order valence-electron chi connectivity index (χ0n) is 20.5. The van der Waals surface area contributed by atoms with Crippen molar-refractivity contribution >= 4 is 33.9 Å². The molecule has 0 fully saturated rings. The molecule has 7 nitrogen and oxygen atoms in total. The fourth-order valence-corrected chi connectivity index (χ4v) is 5.55. The van der Waals surface area contributed by atoms with Gasteiger partial charge in [0.2, 0.25) is 5.82 Å². The van der Waals surface area contributed by atoms with Crippen LogP contribution in [0.2, 0.25) is 5.02 Å². The molecule has 5 aromatic rings. The Morgan fingerprint density at radius 1 is 1.03 bits per heavy atom. The lowest BCUT2D eigenvalue weighted by atomic mass is 9.89. The van der Waals surface area contributed by atoms with Crippen LogP contribution in [0.4, 0.5) is 0 Å². The molecule has 0 radical (unpaired) electrons. The van der Waals surface area contributed by atoms with Crippen molar-refractivity contribution in [2.24, 2.45) is 0 Å². The number of pyridine rings is 1. The van der Waals surface area contributed by atoms with E-state index in [1.54, 1.807) is 0 Å². The van der Waals surface area contributed by atoms with Crippen molar-refractivity contribution in [3.63, 3.8) is 0 Å². The molecule has 0 spiro atoms. The number of fused-ring (bicyclic) bond motifs is 3. The number of imidazole rings is 1. The molecule has 3 aromatic heterocycles. The Morgan fingerprint density at radius 3 is 2.64 bits per heavy atom. The maximum absolute atomic E-state index is 6.51. The molecule has 2 aromatic carbocycles. The minimum absolute atomic E-state index is 0.618. The van der Waals surface area contributed by atoms with Crippen molar-refractivity contribution < 1.29 is 0 Å². The Morgan fingerprint density at radius 2 is 1.83 bits per heavy atom. The minimum Gasteiger partial charge on any atom is -0.308 e. The number of tetrazole rings is 1. The van der Waals surface area contributed by atoms with E-state index in [0.29, 0.717) is 17.4 Å². The number of H-pyrrole nitrogens is 1. The summed E-state index contributed by atoms with van der Waals surface area (Å²) in [4.78, 5) is 9.58. The molecule has 1 aliphatic carbocycles. The summed E-state index contributed by atoms with van der Waals surface area (Å²) in [5, 5.41) is 15.6. The fraction of sp³-hybridized carbons (Fsp3) is 0.250. The van der Waals surface area contributed by atoms with E-state index in [9.17, 15) is 0 Å². The second-order valence-corrected chi connectivity index (χ2v) is 9.68. The van der Waals surface area contributed by atoms with Gasteiger partial charge in [0.25, 0.3) is 0 Å². The minimum atomic E-state index is 0.618. The van der Waals surface area contributed by atoms with Crippen LogP contribution in [-0.2, 0) is 25.8 Å². The highest BCUT2D eigenvalue weighted by atomic mass is 35.5. The molecule has 36 heavy (non-hydrogen) atoms. The number of allylic oxidation sites excluding steroid dienone is 1. The average Bonchev–Trinajstić information content (AvgIpc) is 3.50. The van der Waals surface area contributed by atoms with Crippen molar-refractivity contribution in [3.8, 4) is 0 Å². The quantitative estimate of drug-likeness (QED) is 0.351. The molecule has 6 rings (SSSR count). The van der Waals surface area contributed by atoms with Gasteiger partial charge in [-0.25, -0.2) is 9.97 Å². The summed E-state index contributed by atoms with van der Waals surface area (Å²) in [5.74, 6) is 1.61. The Bertz CT molecular complexity index is 1630. The highest BCUT2D eigenvalue weighted by Gasteiger charge is 2.23. The number of aromatic nitrogens is 7. The van der Waals surface area contributed by atoms with Crippen LogP contribution in [-0.4, -0.2) is 35.2 Å². The molecule has 8 heteroatoms. The first-order valence-corrected chi connectivity index (χ1v) is 12.6. The van der Waals surface area contributed by atoms with Crippen LogP contribution in [0.5, 0.6) is 0 Å². The number of halogens is 1. The zero-order valence-corrected chi connectivity index (χ0v) is 21.3. The van der Waals surface area contributed by atoms with Crippen molar-refractivity contribution in [2.75, 3.05) is 0 Å². The molecule has 0 aliphatic heterocycles. The summed E-state index contributed by atoms with van der Waals surface area (Å²) in [6.07, 6.45) is 2.74. The highest BCUT2D eigenvalue weighted by Crippen LogP contribution is 2.38. The van der Waals surface area contributed by atoms with Crippen LogP contribution in [0.3, 0.4) is 0 Å². The SMILES string of the molecule is CCc1nc2c(Cl)cc(C)nc2n1Cc1ccc2c(c1)CCc1ccccc1C2=C(C)c1nn[nH]n1. The topological polar surface area (TPSA) is 85.2 Å². The monoisotopic (exact) mass is 495 g/mol. The third kappa shape index (κ3) is 3.80. The number of rotatable bonds is 4. The molecule has 0 atom stereocenters. The summed E-state index contributed by atoms with van der Waals surface area (Å²) < 4.78 is 2.20. The van der Waals surface area contributed by atoms with Gasteiger partial charge in [-0.1, -0.05) is 61.0 Å². The number of hydrogen-bond donors (Lipinski definition) is 1. The molecule has 0 unspecified atom stereocenters. The van der Waals surface area contributed by atoms with Gasteiger partial charge in [0, 0.05) is 17.7 Å². The molecule has 0 saturated carbocycles. The lowest BCUT2D eigenvalue weighted by Gasteiger charge is -2.16. The van der Waals surface area contributed by atoms with Gasteiger partial charge in [0.15, 0.2) is 5.65 Å². The Hall–Kier alpha value is -3.84. The zero-order chi connectivity index (χ0) is 24.8. The Kier molecular flexibility index (Phi) is 5.64. The van der Waals surface area contributed by atoms with Gasteiger partial charge in [0.05, 0.1) is 11.6 Å². The number of hydrogen-bond acceptors (Lipinski definition) is 5. The number of nitrogens with zero attached hydrogens (tertiary/aromatic N) is 6. The first-order valence-electron chi connectivity index (χ1n) is 12.2. The van der Waals surface area contributed by atoms with E-state index >= 15 is 0 Å². The predicted octanol–water partition coefficient (Wildman–Crippen LogP) is 5.59. The summed E-state index contributed by atoms with van der Waals surface area (Å²) in [7, 11) is 0. The second kappa shape index (κ2) is 8.99. The van der Waals surface area contributed by atoms with Gasteiger partial charge >= 0.3 is 0 Å². The fourth-order valence-electron chi connectivity index (χ4n) is 5.26. The van der Waals surface area contributed by atoms with Crippen molar-refractivity contribution in [1.29, 1.82) is 0 Å². The van der Waals surface area contributed by atoms with Gasteiger partial charge in [0.1, 0.15) is 11.3 Å². The summed E-state index contributed by atoms with van der Waals surface area (Å²) in [5.41, 5.74) is 11.0. The van der Waals surface area contributed by atoms with Gasteiger partial charge in [-0.05, 0) is 71.4 Å². The first-order chi connectivity index (χ1) is 17.5. The summed E-state index contributed by atoms with van der Waals surface area (Å²) in [6.45, 7) is 6.84. The van der Waals surface area contributed by atoms with E-state index in [1.807, 2.05) is 13.0 Å². The van der Waals surface area contributed by atoms with Gasteiger partial charge < -0.3 is 4.57 Å². The van der Waals surface area contributed by atoms with E-state index in [0.717, 1.165) is 53.1 Å². The molecule has 0 bridgehead atoms. The number of nitrogens with one attached hydrogen (secondary N) is 1. The normalized spacial score (nSPS) is 14.4. The van der Waals surface area contributed by atoms with Crippen LogP contribution in [0, 0.1) is 6.92 Å². The van der Waals surface area contributed by atoms with Crippen LogP contribution < -0.4 is 0 Å². The molecular weight excluding hydrogens is 470 g/mol. The molecule has 3 heterocycles.